The Morgan fingerprint density at radius 3 is 2.41 bits per heavy atom. The molecule has 0 saturated carbocycles. The number of halogens is 3. The van der Waals surface area contributed by atoms with E-state index < -0.39 is 17.7 Å². The van der Waals surface area contributed by atoms with Crippen LogP contribution in [0.2, 0.25) is 0 Å². The normalized spacial score (nSPS) is 12.7. The Balaban J connectivity index is 2.25. The van der Waals surface area contributed by atoms with Crippen LogP contribution >= 0.6 is 27.3 Å². The third-order valence-corrected chi connectivity index (χ3v) is 4.38. The van der Waals surface area contributed by atoms with Crippen molar-refractivity contribution in [3.8, 4) is 0 Å². The molecule has 1 atom stereocenters. The molecule has 0 aliphatic carbocycles. The summed E-state index contributed by atoms with van der Waals surface area (Å²) in [5, 5.41) is 11.7. The van der Waals surface area contributed by atoms with Crippen LogP contribution in [0.25, 0.3) is 0 Å². The molecule has 90 valence electrons. The molecule has 0 radical (unpaired) electrons. The van der Waals surface area contributed by atoms with Gasteiger partial charge in [0, 0.05) is 21.3 Å². The molecule has 1 nitrogen and oxygen atoms in total. The summed E-state index contributed by atoms with van der Waals surface area (Å²) in [6.07, 6.45) is -0.978. The van der Waals surface area contributed by atoms with Crippen LogP contribution in [0.5, 0.6) is 0 Å². The molecule has 2 rings (SSSR count). The molecule has 0 aliphatic rings. The topological polar surface area (TPSA) is 20.2 Å². The summed E-state index contributed by atoms with van der Waals surface area (Å²) in [5.74, 6) is -1.26. The van der Waals surface area contributed by atoms with Gasteiger partial charge in [-0.25, -0.2) is 8.78 Å². The van der Waals surface area contributed by atoms with Crippen molar-refractivity contribution in [1.29, 1.82) is 0 Å². The van der Waals surface area contributed by atoms with Crippen LogP contribution < -0.4 is 0 Å². The van der Waals surface area contributed by atoms with Gasteiger partial charge in [-0.3, -0.25) is 0 Å². The van der Waals surface area contributed by atoms with Gasteiger partial charge in [0.1, 0.15) is 11.6 Å². The van der Waals surface area contributed by atoms with Crippen molar-refractivity contribution in [3.63, 3.8) is 0 Å². The quantitative estimate of drug-likeness (QED) is 0.904. The fourth-order valence-corrected chi connectivity index (χ4v) is 3.18. The molecule has 0 saturated heterocycles. The molecule has 1 N–H and O–H groups in total. The zero-order chi connectivity index (χ0) is 12.4. The maximum Gasteiger partial charge on any atom is 0.129 e. The van der Waals surface area contributed by atoms with E-state index in [0.29, 0.717) is 4.88 Å². The van der Waals surface area contributed by atoms with E-state index in [0.717, 1.165) is 4.47 Å². The van der Waals surface area contributed by atoms with Crippen molar-refractivity contribution >= 4 is 27.3 Å². The van der Waals surface area contributed by atoms with Crippen molar-refractivity contribution in [1.82, 2.24) is 0 Å². The Labute approximate surface area is 110 Å². The molecule has 1 aromatic heterocycles. The number of hydrogen-bond acceptors (Lipinski definition) is 2. The minimum atomic E-state index is -0.907. The van der Waals surface area contributed by atoms with Gasteiger partial charge in [-0.15, -0.1) is 11.3 Å². The van der Waals surface area contributed by atoms with Gasteiger partial charge in [0.15, 0.2) is 0 Å². The summed E-state index contributed by atoms with van der Waals surface area (Å²) in [6.45, 7) is 0. The van der Waals surface area contributed by atoms with Crippen LogP contribution in [0.1, 0.15) is 16.5 Å². The monoisotopic (exact) mass is 318 g/mol. The van der Waals surface area contributed by atoms with Crippen molar-refractivity contribution < 1.29 is 13.9 Å². The maximum atomic E-state index is 13.4. The van der Waals surface area contributed by atoms with Gasteiger partial charge in [0.25, 0.3) is 0 Å². The lowest BCUT2D eigenvalue weighted by Crippen LogP contribution is -2.04. The molecule has 0 bridgehead atoms. The summed E-state index contributed by atoms with van der Waals surface area (Å²) in [7, 11) is 0. The molecule has 0 spiro atoms. The smallest absolute Gasteiger partial charge is 0.129 e. The van der Waals surface area contributed by atoms with Crippen molar-refractivity contribution in [3.05, 3.63) is 56.2 Å². The third kappa shape index (κ3) is 2.73. The average Bonchev–Trinajstić information content (AvgIpc) is 2.70. The number of benzene rings is 1. The second-order valence-corrected chi connectivity index (χ2v) is 5.35. The fraction of sp³-hybridized carbons (Fsp3) is 0.167. The van der Waals surface area contributed by atoms with Gasteiger partial charge >= 0.3 is 0 Å². The zero-order valence-corrected chi connectivity index (χ0v) is 11.1. The van der Waals surface area contributed by atoms with Crippen LogP contribution in [0.3, 0.4) is 0 Å². The maximum absolute atomic E-state index is 13.4. The predicted octanol–water partition coefficient (Wildman–Crippen LogP) is 4.06. The lowest BCUT2D eigenvalue weighted by Gasteiger charge is -2.11. The Morgan fingerprint density at radius 2 is 1.88 bits per heavy atom. The summed E-state index contributed by atoms with van der Waals surface area (Å²) in [6, 6.07) is 5.48. The van der Waals surface area contributed by atoms with Crippen LogP contribution in [0.4, 0.5) is 8.78 Å². The SMILES string of the molecule is OC(Cc1c(F)cccc1F)c1sccc1Br. The molecule has 0 fully saturated rings. The summed E-state index contributed by atoms with van der Waals surface area (Å²) >= 11 is 4.63. The van der Waals surface area contributed by atoms with Gasteiger partial charge < -0.3 is 5.11 Å². The second kappa shape index (κ2) is 5.25. The fourth-order valence-electron chi connectivity index (χ4n) is 1.56. The molecule has 0 aliphatic heterocycles. The van der Waals surface area contributed by atoms with Crippen molar-refractivity contribution in [2.75, 3.05) is 0 Å². The molecule has 1 heterocycles. The highest BCUT2D eigenvalue weighted by molar-refractivity contribution is 9.10. The van der Waals surface area contributed by atoms with E-state index in [-0.39, 0.29) is 12.0 Å². The molecule has 17 heavy (non-hydrogen) atoms. The molecular formula is C12H9BrF2OS. The minimum absolute atomic E-state index is 0.0718. The van der Waals surface area contributed by atoms with Crippen LogP contribution in [0.15, 0.2) is 34.1 Å². The van der Waals surface area contributed by atoms with Gasteiger partial charge in [0.2, 0.25) is 0 Å². The highest BCUT2D eigenvalue weighted by atomic mass is 79.9. The summed E-state index contributed by atoms with van der Waals surface area (Å²) in [4.78, 5) is 0.674. The molecule has 1 unspecified atom stereocenters. The first-order valence-electron chi connectivity index (χ1n) is 4.93. The van der Waals surface area contributed by atoms with Crippen molar-refractivity contribution in [2.24, 2.45) is 0 Å². The van der Waals surface area contributed by atoms with Gasteiger partial charge in [-0.05, 0) is 39.5 Å². The first-order valence-corrected chi connectivity index (χ1v) is 6.60. The predicted molar refractivity (Wildman–Crippen MR) is 67.0 cm³/mol. The number of thiophene rings is 1. The van der Waals surface area contributed by atoms with Gasteiger partial charge in [-0.1, -0.05) is 6.07 Å². The zero-order valence-electron chi connectivity index (χ0n) is 8.66. The first-order chi connectivity index (χ1) is 8.09. The number of rotatable bonds is 3. The minimum Gasteiger partial charge on any atom is -0.387 e. The largest absolute Gasteiger partial charge is 0.387 e. The number of aliphatic hydroxyl groups is 1. The second-order valence-electron chi connectivity index (χ2n) is 3.55. The van der Waals surface area contributed by atoms with Crippen LogP contribution in [0, 0.1) is 11.6 Å². The molecule has 2 aromatic rings. The van der Waals surface area contributed by atoms with Crippen LogP contribution in [-0.2, 0) is 6.42 Å². The standard InChI is InChI=1S/C12H9BrF2OS/c13-8-4-5-17-12(8)11(16)6-7-9(14)2-1-3-10(7)15/h1-5,11,16H,6H2. The highest BCUT2D eigenvalue weighted by Crippen LogP contribution is 2.31. The summed E-state index contributed by atoms with van der Waals surface area (Å²) in [5.41, 5.74) is -0.0831. The Morgan fingerprint density at radius 1 is 1.24 bits per heavy atom. The van der Waals surface area contributed by atoms with E-state index in [1.165, 1.54) is 29.5 Å². The van der Waals surface area contributed by atoms with Gasteiger partial charge in [-0.2, -0.15) is 0 Å². The lowest BCUT2D eigenvalue weighted by atomic mass is 10.1. The molecule has 1 aromatic carbocycles. The highest BCUT2D eigenvalue weighted by Gasteiger charge is 2.18. The van der Waals surface area contributed by atoms with E-state index in [1.807, 2.05) is 0 Å². The molecule has 0 amide bonds. The van der Waals surface area contributed by atoms with E-state index in [1.54, 1.807) is 11.4 Å². The Kier molecular flexibility index (Phi) is 3.91. The van der Waals surface area contributed by atoms with E-state index in [9.17, 15) is 13.9 Å². The van der Waals surface area contributed by atoms with E-state index in [4.69, 9.17) is 0 Å². The van der Waals surface area contributed by atoms with E-state index >= 15 is 0 Å². The lowest BCUT2D eigenvalue weighted by molar-refractivity contribution is 0.178. The average molecular weight is 319 g/mol. The van der Waals surface area contributed by atoms with Crippen molar-refractivity contribution in [2.45, 2.75) is 12.5 Å². The number of hydrogen-bond donors (Lipinski definition) is 1. The Bertz CT molecular complexity index is 507. The molecular weight excluding hydrogens is 310 g/mol. The molecule has 5 heteroatoms. The first kappa shape index (κ1) is 12.7. The number of aliphatic hydroxyl groups excluding tert-OH is 1. The van der Waals surface area contributed by atoms with E-state index in [2.05, 4.69) is 15.9 Å². The summed E-state index contributed by atoms with van der Waals surface area (Å²) < 4.78 is 27.5. The van der Waals surface area contributed by atoms with Gasteiger partial charge in [0.05, 0.1) is 6.10 Å². The third-order valence-electron chi connectivity index (χ3n) is 2.41. The Hall–Kier alpha value is -0.780. The van der Waals surface area contributed by atoms with Crippen LogP contribution in [-0.4, -0.2) is 5.11 Å².